The van der Waals surface area contributed by atoms with E-state index in [0.29, 0.717) is 45.8 Å². The van der Waals surface area contributed by atoms with E-state index in [2.05, 4.69) is 5.32 Å². The lowest BCUT2D eigenvalue weighted by Gasteiger charge is -2.21. The number of methoxy groups -OCH3 is 1. The van der Waals surface area contributed by atoms with E-state index in [-0.39, 0.29) is 18.0 Å². The van der Waals surface area contributed by atoms with Crippen molar-refractivity contribution >= 4 is 23.2 Å². The molecule has 5 rings (SSSR count). The van der Waals surface area contributed by atoms with Gasteiger partial charge < -0.3 is 14.8 Å². The number of anilines is 1. The van der Waals surface area contributed by atoms with Crippen molar-refractivity contribution in [2.24, 2.45) is 0 Å². The fourth-order valence-corrected chi connectivity index (χ4v) is 4.60. The van der Waals surface area contributed by atoms with Crippen molar-refractivity contribution in [3.05, 3.63) is 98.3 Å². The Morgan fingerprint density at radius 3 is 2.66 bits per heavy atom. The molecule has 178 valence electrons. The van der Waals surface area contributed by atoms with Crippen LogP contribution in [-0.2, 0) is 17.8 Å². The number of fused-ring (bicyclic) bond motifs is 2. The van der Waals surface area contributed by atoms with Crippen LogP contribution in [-0.4, -0.2) is 22.4 Å². The fraction of sp³-hybridized carbons (Fsp3) is 0.185. The summed E-state index contributed by atoms with van der Waals surface area (Å²) in [5, 5.41) is 3.26. The van der Waals surface area contributed by atoms with Crippen LogP contribution >= 0.6 is 11.6 Å². The first-order chi connectivity index (χ1) is 16.9. The Bertz CT molecular complexity index is 1520. The van der Waals surface area contributed by atoms with Crippen molar-refractivity contribution in [1.29, 1.82) is 0 Å². The van der Waals surface area contributed by atoms with Crippen LogP contribution in [0, 0.1) is 13.8 Å². The second-order valence-corrected chi connectivity index (χ2v) is 8.91. The third-order valence-corrected chi connectivity index (χ3v) is 6.38. The highest BCUT2D eigenvalue weighted by Gasteiger charge is 2.31. The van der Waals surface area contributed by atoms with Crippen LogP contribution < -0.4 is 20.3 Å². The van der Waals surface area contributed by atoms with Crippen LogP contribution in [0.15, 0.2) is 65.5 Å². The summed E-state index contributed by atoms with van der Waals surface area (Å²) in [7, 11) is 1.57. The minimum Gasteiger partial charge on any atom is -0.493 e. The van der Waals surface area contributed by atoms with Gasteiger partial charge in [-0.2, -0.15) is 0 Å². The molecule has 0 spiro atoms. The number of nitrogens with one attached hydrogen (secondary N) is 1. The van der Waals surface area contributed by atoms with Gasteiger partial charge in [0.1, 0.15) is 6.54 Å². The van der Waals surface area contributed by atoms with Crippen LogP contribution in [0.3, 0.4) is 0 Å². The summed E-state index contributed by atoms with van der Waals surface area (Å²) in [6.45, 7) is 3.77. The molecule has 2 heterocycles. The molecule has 1 N–H and O–H groups in total. The van der Waals surface area contributed by atoms with Crippen molar-refractivity contribution in [2.75, 3.05) is 12.4 Å². The van der Waals surface area contributed by atoms with Gasteiger partial charge in [0.05, 0.1) is 29.1 Å². The predicted molar refractivity (Wildman–Crippen MR) is 135 cm³/mol. The van der Waals surface area contributed by atoms with Gasteiger partial charge in [0.25, 0.3) is 5.56 Å². The average Bonchev–Trinajstić information content (AvgIpc) is 3.09. The number of para-hydroxylation sites is 2. The average molecular weight is 490 g/mol. The quantitative estimate of drug-likeness (QED) is 0.366. The number of hydrogen-bond donors (Lipinski definition) is 1. The molecule has 0 atom stereocenters. The molecule has 0 radical (unpaired) electrons. The predicted octanol–water partition coefficient (Wildman–Crippen LogP) is 5.25. The molecular weight excluding hydrogens is 466 g/mol. The zero-order chi connectivity index (χ0) is 24.7. The highest BCUT2D eigenvalue weighted by atomic mass is 35.5. The van der Waals surface area contributed by atoms with Crippen LogP contribution in [0.5, 0.6) is 17.4 Å². The first kappa shape index (κ1) is 22.8. The number of carbonyl (C=O) groups excluding carboxylic acids is 1. The molecule has 0 aliphatic carbocycles. The summed E-state index contributed by atoms with van der Waals surface area (Å²) in [5.74, 6) is 1.08. The summed E-state index contributed by atoms with van der Waals surface area (Å²) in [4.78, 5) is 26.8. The lowest BCUT2D eigenvalue weighted by atomic mass is 10.0. The van der Waals surface area contributed by atoms with E-state index < -0.39 is 0 Å². The molecule has 0 saturated heterocycles. The van der Waals surface area contributed by atoms with E-state index in [1.165, 1.54) is 4.68 Å². The molecule has 1 amide bonds. The number of amides is 1. The van der Waals surface area contributed by atoms with E-state index in [1.54, 1.807) is 42.1 Å². The number of carbonyl (C=O) groups is 1. The third-order valence-electron chi connectivity index (χ3n) is 6.05. The summed E-state index contributed by atoms with van der Waals surface area (Å²) >= 11 is 6.23. The van der Waals surface area contributed by atoms with E-state index >= 15 is 0 Å². The van der Waals surface area contributed by atoms with E-state index in [4.69, 9.17) is 21.1 Å². The van der Waals surface area contributed by atoms with Gasteiger partial charge in [-0.25, -0.2) is 9.36 Å². The standard InChI is InChI=1S/C27H24ClN3O4/c1-16-11-12-22(17(2)13-16)31-26(33)19-14-18-7-6-10-23(34-3)25(18)35-27(19)30(31)15-24(32)29-21-9-5-4-8-20(21)28/h4-13H,14-15H2,1-3H3,(H,29,32). The topological polar surface area (TPSA) is 74.5 Å². The van der Waals surface area contributed by atoms with Crippen molar-refractivity contribution in [3.63, 3.8) is 0 Å². The molecule has 0 fully saturated rings. The zero-order valence-corrected chi connectivity index (χ0v) is 20.3. The monoisotopic (exact) mass is 489 g/mol. The second-order valence-electron chi connectivity index (χ2n) is 8.50. The molecule has 4 aromatic rings. The van der Waals surface area contributed by atoms with Crippen molar-refractivity contribution in [3.8, 4) is 23.1 Å². The maximum atomic E-state index is 13.7. The van der Waals surface area contributed by atoms with E-state index in [0.717, 1.165) is 16.7 Å². The molecule has 1 aliphatic heterocycles. The smallest absolute Gasteiger partial charge is 0.278 e. The molecule has 7 nitrogen and oxygen atoms in total. The van der Waals surface area contributed by atoms with Crippen LogP contribution in [0.2, 0.25) is 5.02 Å². The Balaban J connectivity index is 1.64. The molecular formula is C27H24ClN3O4. The Labute approximate surface area is 207 Å². The number of nitrogens with zero attached hydrogens (tertiary/aromatic N) is 2. The van der Waals surface area contributed by atoms with Crippen LogP contribution in [0.4, 0.5) is 5.69 Å². The Morgan fingerprint density at radius 2 is 1.91 bits per heavy atom. The Hall–Kier alpha value is -3.97. The summed E-state index contributed by atoms with van der Waals surface area (Å²) < 4.78 is 14.8. The molecule has 1 aliphatic rings. The minimum atomic E-state index is -0.344. The maximum Gasteiger partial charge on any atom is 0.278 e. The van der Waals surface area contributed by atoms with Crippen molar-refractivity contribution < 1.29 is 14.3 Å². The fourth-order valence-electron chi connectivity index (χ4n) is 4.42. The van der Waals surface area contributed by atoms with Gasteiger partial charge in [0.2, 0.25) is 11.8 Å². The SMILES string of the molecule is COc1cccc2c1Oc1c(c(=O)n(-c3ccc(C)cc3C)n1CC(=O)Nc1ccccc1Cl)C2. The number of halogens is 1. The number of rotatable bonds is 5. The Kier molecular flexibility index (Phi) is 5.86. The van der Waals surface area contributed by atoms with Gasteiger partial charge in [-0.3, -0.25) is 9.59 Å². The van der Waals surface area contributed by atoms with Gasteiger partial charge in [-0.15, -0.1) is 0 Å². The number of ether oxygens (including phenoxy) is 2. The molecule has 1 aromatic heterocycles. The first-order valence-corrected chi connectivity index (χ1v) is 11.6. The largest absolute Gasteiger partial charge is 0.493 e. The number of aryl methyl sites for hydroxylation is 2. The maximum absolute atomic E-state index is 13.7. The number of benzene rings is 3. The van der Waals surface area contributed by atoms with Crippen LogP contribution in [0.1, 0.15) is 22.3 Å². The molecule has 35 heavy (non-hydrogen) atoms. The van der Waals surface area contributed by atoms with Crippen molar-refractivity contribution in [1.82, 2.24) is 9.36 Å². The van der Waals surface area contributed by atoms with Gasteiger partial charge in [0.15, 0.2) is 11.5 Å². The highest BCUT2D eigenvalue weighted by molar-refractivity contribution is 6.33. The van der Waals surface area contributed by atoms with Gasteiger partial charge in [-0.1, -0.05) is 53.6 Å². The lowest BCUT2D eigenvalue weighted by molar-refractivity contribution is -0.117. The van der Waals surface area contributed by atoms with Crippen molar-refractivity contribution in [2.45, 2.75) is 26.8 Å². The van der Waals surface area contributed by atoms with Crippen LogP contribution in [0.25, 0.3) is 5.69 Å². The first-order valence-electron chi connectivity index (χ1n) is 11.2. The number of aromatic nitrogens is 2. The van der Waals surface area contributed by atoms with Gasteiger partial charge in [0, 0.05) is 12.0 Å². The molecule has 0 saturated carbocycles. The summed E-state index contributed by atoms with van der Waals surface area (Å²) in [6.07, 6.45) is 0.366. The summed E-state index contributed by atoms with van der Waals surface area (Å²) in [5.41, 5.74) is 4.26. The highest BCUT2D eigenvalue weighted by Crippen LogP contribution is 2.42. The molecule has 3 aromatic carbocycles. The van der Waals surface area contributed by atoms with E-state index in [9.17, 15) is 9.59 Å². The van der Waals surface area contributed by atoms with E-state index in [1.807, 2.05) is 44.2 Å². The third kappa shape index (κ3) is 4.08. The normalized spacial score (nSPS) is 11.9. The molecule has 0 unspecified atom stereocenters. The molecule has 8 heteroatoms. The van der Waals surface area contributed by atoms with Gasteiger partial charge >= 0.3 is 0 Å². The lowest BCUT2D eigenvalue weighted by Crippen LogP contribution is -2.28. The Morgan fingerprint density at radius 1 is 1.11 bits per heavy atom. The van der Waals surface area contributed by atoms with Gasteiger partial charge in [-0.05, 0) is 43.7 Å². The minimum absolute atomic E-state index is 0.159. The summed E-state index contributed by atoms with van der Waals surface area (Å²) in [6, 6.07) is 18.4. The zero-order valence-electron chi connectivity index (χ0n) is 19.6. The molecule has 0 bridgehead atoms. The number of hydrogen-bond acceptors (Lipinski definition) is 4. The second kappa shape index (κ2) is 9.00.